The van der Waals surface area contributed by atoms with Crippen molar-refractivity contribution in [1.82, 2.24) is 4.57 Å². The van der Waals surface area contributed by atoms with Gasteiger partial charge in [0.1, 0.15) is 0 Å². The molecule has 2 aromatic rings. The van der Waals surface area contributed by atoms with Gasteiger partial charge in [-0.15, -0.1) is 0 Å². The Morgan fingerprint density at radius 3 is 2.83 bits per heavy atom. The fourth-order valence-corrected chi connectivity index (χ4v) is 2.59. The molecule has 0 fully saturated rings. The van der Waals surface area contributed by atoms with Crippen LogP contribution in [0.1, 0.15) is 6.92 Å². The SMILES string of the molecule is C/C=C/C=C/C(=O)N=c1sc2ccccc2n1C. The fraction of sp³-hybridized carbons (Fsp3) is 0.143. The van der Waals surface area contributed by atoms with Crippen LogP contribution in [0.25, 0.3) is 10.2 Å². The predicted molar refractivity (Wildman–Crippen MR) is 75.3 cm³/mol. The molecule has 0 radical (unpaired) electrons. The highest BCUT2D eigenvalue weighted by Gasteiger charge is 2.02. The van der Waals surface area contributed by atoms with Gasteiger partial charge in [0.25, 0.3) is 5.91 Å². The lowest BCUT2D eigenvalue weighted by Gasteiger charge is -1.92. The highest BCUT2D eigenvalue weighted by atomic mass is 32.1. The second-order valence-corrected chi connectivity index (χ2v) is 4.76. The first-order valence-corrected chi connectivity index (χ1v) is 6.46. The number of nitrogens with zero attached hydrogens (tertiary/aromatic N) is 2. The first kappa shape index (κ1) is 12.5. The number of allylic oxidation sites excluding steroid dienone is 3. The number of para-hydroxylation sites is 1. The van der Waals surface area contributed by atoms with Crippen molar-refractivity contribution < 1.29 is 4.79 Å². The maximum Gasteiger partial charge on any atom is 0.272 e. The highest BCUT2D eigenvalue weighted by Crippen LogP contribution is 2.14. The molecular formula is C14H14N2OS. The summed E-state index contributed by atoms with van der Waals surface area (Å²) in [7, 11) is 1.92. The van der Waals surface area contributed by atoms with Crippen molar-refractivity contribution in [3.63, 3.8) is 0 Å². The van der Waals surface area contributed by atoms with Gasteiger partial charge in [0.15, 0.2) is 4.80 Å². The van der Waals surface area contributed by atoms with Gasteiger partial charge in [-0.2, -0.15) is 4.99 Å². The fourth-order valence-electron chi connectivity index (χ4n) is 1.57. The van der Waals surface area contributed by atoms with Crippen LogP contribution in [0, 0.1) is 0 Å². The minimum absolute atomic E-state index is 0.241. The molecule has 1 aromatic heterocycles. The number of aromatic nitrogens is 1. The number of hydrogen-bond acceptors (Lipinski definition) is 2. The first-order valence-electron chi connectivity index (χ1n) is 5.65. The number of rotatable bonds is 2. The van der Waals surface area contributed by atoms with Gasteiger partial charge in [0.2, 0.25) is 0 Å². The molecule has 0 aliphatic carbocycles. The molecule has 0 N–H and O–H groups in total. The van der Waals surface area contributed by atoms with Crippen molar-refractivity contribution in [2.75, 3.05) is 0 Å². The van der Waals surface area contributed by atoms with Crippen molar-refractivity contribution in [1.29, 1.82) is 0 Å². The molecule has 1 amide bonds. The van der Waals surface area contributed by atoms with E-state index in [1.54, 1.807) is 12.2 Å². The summed E-state index contributed by atoms with van der Waals surface area (Å²) in [5.74, 6) is -0.241. The molecule has 2 rings (SSSR count). The van der Waals surface area contributed by atoms with E-state index in [-0.39, 0.29) is 5.91 Å². The Morgan fingerprint density at radius 1 is 1.33 bits per heavy atom. The molecule has 0 saturated carbocycles. The minimum atomic E-state index is -0.241. The van der Waals surface area contributed by atoms with E-state index in [9.17, 15) is 4.79 Å². The molecule has 0 aliphatic heterocycles. The summed E-state index contributed by atoms with van der Waals surface area (Å²) in [6.45, 7) is 1.90. The Morgan fingerprint density at radius 2 is 2.11 bits per heavy atom. The predicted octanol–water partition coefficient (Wildman–Crippen LogP) is 2.80. The van der Waals surface area contributed by atoms with Crippen molar-refractivity contribution in [2.24, 2.45) is 12.0 Å². The third-order valence-electron chi connectivity index (χ3n) is 2.46. The summed E-state index contributed by atoms with van der Waals surface area (Å²) in [5, 5.41) is 0. The average molecular weight is 258 g/mol. The Kier molecular flexibility index (Phi) is 3.89. The number of hydrogen-bond donors (Lipinski definition) is 0. The molecule has 1 aromatic carbocycles. The van der Waals surface area contributed by atoms with Crippen LogP contribution in [0.3, 0.4) is 0 Å². The number of aryl methyl sites for hydroxylation is 1. The molecule has 0 atom stereocenters. The molecule has 3 nitrogen and oxygen atoms in total. The first-order chi connectivity index (χ1) is 8.72. The van der Waals surface area contributed by atoms with Gasteiger partial charge in [-0.05, 0) is 19.1 Å². The van der Waals surface area contributed by atoms with E-state index in [1.807, 2.05) is 48.9 Å². The minimum Gasteiger partial charge on any atom is -0.319 e. The molecule has 4 heteroatoms. The van der Waals surface area contributed by atoms with Gasteiger partial charge in [0, 0.05) is 13.1 Å². The summed E-state index contributed by atoms with van der Waals surface area (Å²) in [4.78, 5) is 16.4. The molecule has 92 valence electrons. The van der Waals surface area contributed by atoms with E-state index in [0.717, 1.165) is 10.2 Å². The topological polar surface area (TPSA) is 34.4 Å². The van der Waals surface area contributed by atoms with Gasteiger partial charge in [-0.3, -0.25) is 4.79 Å². The molecule has 0 spiro atoms. The normalized spacial score (nSPS) is 13.1. The van der Waals surface area contributed by atoms with Gasteiger partial charge in [-0.25, -0.2) is 0 Å². The standard InChI is InChI=1S/C14H14N2OS/c1-3-4-5-10-13(17)15-14-16(2)11-8-6-7-9-12(11)18-14/h3-10H,1-2H3/b4-3+,10-5+,15-14?. The van der Waals surface area contributed by atoms with Crippen LogP contribution in [0.2, 0.25) is 0 Å². The Bertz CT molecular complexity index is 689. The molecule has 0 unspecified atom stereocenters. The van der Waals surface area contributed by atoms with Crippen molar-refractivity contribution in [3.05, 3.63) is 53.4 Å². The van der Waals surface area contributed by atoms with Crippen molar-refractivity contribution in [3.8, 4) is 0 Å². The zero-order chi connectivity index (χ0) is 13.0. The number of thiazole rings is 1. The molecule has 18 heavy (non-hydrogen) atoms. The lowest BCUT2D eigenvalue weighted by molar-refractivity contribution is -0.113. The van der Waals surface area contributed by atoms with Crippen molar-refractivity contribution >= 4 is 27.5 Å². The Labute approximate surface area is 109 Å². The van der Waals surface area contributed by atoms with E-state index < -0.39 is 0 Å². The largest absolute Gasteiger partial charge is 0.319 e. The van der Waals surface area contributed by atoms with E-state index in [0.29, 0.717) is 4.80 Å². The number of benzene rings is 1. The Balaban J connectivity index is 2.42. The highest BCUT2D eigenvalue weighted by molar-refractivity contribution is 7.16. The number of amides is 1. The molecular weight excluding hydrogens is 244 g/mol. The summed E-state index contributed by atoms with van der Waals surface area (Å²) in [6.07, 6.45) is 6.82. The van der Waals surface area contributed by atoms with E-state index in [1.165, 1.54) is 17.4 Å². The van der Waals surface area contributed by atoms with Crippen molar-refractivity contribution in [2.45, 2.75) is 6.92 Å². The molecule has 1 heterocycles. The summed E-state index contributed by atoms with van der Waals surface area (Å²) < 4.78 is 3.06. The zero-order valence-corrected chi connectivity index (χ0v) is 11.1. The van der Waals surface area contributed by atoms with Crippen LogP contribution in [0.5, 0.6) is 0 Å². The van der Waals surface area contributed by atoms with Gasteiger partial charge in [-0.1, -0.05) is 41.7 Å². The Hall–Kier alpha value is -1.94. The summed E-state index contributed by atoms with van der Waals surface area (Å²) in [6, 6.07) is 8.01. The van der Waals surface area contributed by atoms with Crippen LogP contribution in [-0.4, -0.2) is 10.5 Å². The number of carbonyl (C=O) groups excluding carboxylic acids is 1. The van der Waals surface area contributed by atoms with Crippen LogP contribution >= 0.6 is 11.3 Å². The van der Waals surface area contributed by atoms with Gasteiger partial charge >= 0.3 is 0 Å². The van der Waals surface area contributed by atoms with Crippen LogP contribution in [0.15, 0.2) is 53.6 Å². The quantitative estimate of drug-likeness (QED) is 0.602. The van der Waals surface area contributed by atoms with Crippen LogP contribution < -0.4 is 4.80 Å². The number of fused-ring (bicyclic) bond motifs is 1. The average Bonchev–Trinajstić information content (AvgIpc) is 2.67. The smallest absolute Gasteiger partial charge is 0.272 e. The van der Waals surface area contributed by atoms with E-state index in [2.05, 4.69) is 4.99 Å². The summed E-state index contributed by atoms with van der Waals surface area (Å²) in [5.41, 5.74) is 1.09. The maximum atomic E-state index is 11.6. The number of carbonyl (C=O) groups is 1. The lowest BCUT2D eigenvalue weighted by Crippen LogP contribution is -2.12. The monoisotopic (exact) mass is 258 g/mol. The van der Waals surface area contributed by atoms with Gasteiger partial charge < -0.3 is 4.57 Å². The maximum absolute atomic E-state index is 11.6. The van der Waals surface area contributed by atoms with Crippen LogP contribution in [-0.2, 0) is 11.8 Å². The molecule has 0 bridgehead atoms. The van der Waals surface area contributed by atoms with Crippen LogP contribution in [0.4, 0.5) is 0 Å². The molecule has 0 aliphatic rings. The van der Waals surface area contributed by atoms with E-state index >= 15 is 0 Å². The second kappa shape index (κ2) is 5.60. The lowest BCUT2D eigenvalue weighted by atomic mass is 10.3. The van der Waals surface area contributed by atoms with E-state index in [4.69, 9.17) is 0 Å². The third-order valence-corrected chi connectivity index (χ3v) is 3.58. The molecule has 0 saturated heterocycles. The summed E-state index contributed by atoms with van der Waals surface area (Å²) >= 11 is 1.51. The zero-order valence-electron chi connectivity index (χ0n) is 10.3. The third kappa shape index (κ3) is 2.65. The van der Waals surface area contributed by atoms with Gasteiger partial charge in [0.05, 0.1) is 10.2 Å². The second-order valence-electron chi connectivity index (χ2n) is 3.75.